The van der Waals surface area contributed by atoms with Gasteiger partial charge in [-0.3, -0.25) is 14.5 Å². The van der Waals surface area contributed by atoms with Crippen molar-refractivity contribution < 1.29 is 23.5 Å². The standard InChI is InChI=1S/C14H17F2N3O3/c15-9-1-2-11(10(16)7-9)18-13(20)8-12(14(21)22)19-5-3-17-4-6-19/h1-2,7,12,17H,3-6,8H2,(H,18,20)(H,21,22)/t12-/m0/s1. The molecule has 1 aromatic rings. The van der Waals surface area contributed by atoms with E-state index in [0.717, 1.165) is 12.1 Å². The lowest BCUT2D eigenvalue weighted by atomic mass is 10.1. The van der Waals surface area contributed by atoms with Crippen molar-refractivity contribution in [3.05, 3.63) is 29.8 Å². The Balaban J connectivity index is 2.00. The second-order valence-electron chi connectivity index (χ2n) is 5.02. The van der Waals surface area contributed by atoms with Gasteiger partial charge < -0.3 is 15.7 Å². The Bertz CT molecular complexity index is 562. The number of carbonyl (C=O) groups is 2. The number of carboxylic acid groups (broad SMARTS) is 1. The van der Waals surface area contributed by atoms with Crippen LogP contribution in [0.15, 0.2) is 18.2 Å². The number of piperazine rings is 1. The SMILES string of the molecule is O=C(C[C@@H](C(=O)O)N1CCNCC1)Nc1ccc(F)cc1F. The Kier molecular flexibility index (Phi) is 5.40. The van der Waals surface area contributed by atoms with Gasteiger partial charge >= 0.3 is 5.97 Å². The summed E-state index contributed by atoms with van der Waals surface area (Å²) < 4.78 is 26.3. The second-order valence-corrected chi connectivity index (χ2v) is 5.02. The third-order valence-corrected chi connectivity index (χ3v) is 3.46. The molecule has 1 heterocycles. The first-order valence-corrected chi connectivity index (χ1v) is 6.90. The lowest BCUT2D eigenvalue weighted by Gasteiger charge is -2.32. The maximum Gasteiger partial charge on any atom is 0.321 e. The van der Waals surface area contributed by atoms with E-state index in [-0.39, 0.29) is 12.1 Å². The summed E-state index contributed by atoms with van der Waals surface area (Å²) in [5.41, 5.74) is -0.171. The molecule has 1 saturated heterocycles. The van der Waals surface area contributed by atoms with Gasteiger partial charge in [0.2, 0.25) is 5.91 Å². The zero-order chi connectivity index (χ0) is 16.1. The molecular formula is C14H17F2N3O3. The van der Waals surface area contributed by atoms with E-state index >= 15 is 0 Å². The van der Waals surface area contributed by atoms with Gasteiger partial charge in [-0.2, -0.15) is 0 Å². The number of carbonyl (C=O) groups excluding carboxylic acids is 1. The van der Waals surface area contributed by atoms with E-state index in [1.165, 1.54) is 0 Å². The molecular weight excluding hydrogens is 296 g/mol. The molecule has 1 aliphatic rings. The molecule has 0 aliphatic carbocycles. The van der Waals surface area contributed by atoms with Crippen LogP contribution in [0.3, 0.4) is 0 Å². The van der Waals surface area contributed by atoms with Gasteiger partial charge in [-0.25, -0.2) is 8.78 Å². The Morgan fingerprint density at radius 2 is 2.00 bits per heavy atom. The fraction of sp³-hybridized carbons (Fsp3) is 0.429. The number of nitrogens with one attached hydrogen (secondary N) is 2. The highest BCUT2D eigenvalue weighted by molar-refractivity contribution is 5.94. The first kappa shape index (κ1) is 16.3. The number of nitrogens with zero attached hydrogens (tertiary/aromatic N) is 1. The number of anilines is 1. The second kappa shape index (κ2) is 7.28. The van der Waals surface area contributed by atoms with Crippen molar-refractivity contribution in [1.82, 2.24) is 10.2 Å². The van der Waals surface area contributed by atoms with Crippen LogP contribution in [0.5, 0.6) is 0 Å². The Hall–Kier alpha value is -2.06. The van der Waals surface area contributed by atoms with Crippen LogP contribution in [0.1, 0.15) is 6.42 Å². The van der Waals surface area contributed by atoms with Crippen LogP contribution < -0.4 is 10.6 Å². The lowest BCUT2D eigenvalue weighted by Crippen LogP contribution is -2.52. The highest BCUT2D eigenvalue weighted by atomic mass is 19.1. The first-order chi connectivity index (χ1) is 10.5. The van der Waals surface area contributed by atoms with E-state index in [1.807, 2.05) is 0 Å². The molecule has 2 rings (SSSR count). The van der Waals surface area contributed by atoms with Gasteiger partial charge in [0.1, 0.15) is 17.7 Å². The van der Waals surface area contributed by atoms with Gasteiger partial charge in [-0.05, 0) is 12.1 Å². The van der Waals surface area contributed by atoms with Gasteiger partial charge in [0.25, 0.3) is 0 Å². The molecule has 6 nitrogen and oxygen atoms in total. The molecule has 0 radical (unpaired) electrons. The van der Waals surface area contributed by atoms with Gasteiger partial charge in [0.15, 0.2) is 0 Å². The minimum atomic E-state index is -1.10. The molecule has 0 saturated carbocycles. The van der Waals surface area contributed by atoms with Crippen LogP contribution in [0.25, 0.3) is 0 Å². The van der Waals surface area contributed by atoms with Gasteiger partial charge in [-0.15, -0.1) is 0 Å². The van der Waals surface area contributed by atoms with Crippen LogP contribution in [0.4, 0.5) is 14.5 Å². The van der Waals surface area contributed by atoms with Crippen molar-refractivity contribution in [2.24, 2.45) is 0 Å². The number of hydrogen-bond donors (Lipinski definition) is 3. The molecule has 1 aromatic carbocycles. The quantitative estimate of drug-likeness (QED) is 0.744. The highest BCUT2D eigenvalue weighted by Crippen LogP contribution is 2.16. The molecule has 1 aliphatic heterocycles. The zero-order valence-electron chi connectivity index (χ0n) is 11.8. The predicted molar refractivity (Wildman–Crippen MR) is 75.5 cm³/mol. The minimum absolute atomic E-state index is 0.171. The number of halogens is 2. The highest BCUT2D eigenvalue weighted by Gasteiger charge is 2.29. The number of carboxylic acids is 1. The lowest BCUT2D eigenvalue weighted by molar-refractivity contribution is -0.145. The molecule has 3 N–H and O–H groups in total. The van der Waals surface area contributed by atoms with E-state index in [2.05, 4.69) is 10.6 Å². The van der Waals surface area contributed by atoms with E-state index in [0.29, 0.717) is 32.2 Å². The number of hydrogen-bond acceptors (Lipinski definition) is 4. The fourth-order valence-corrected chi connectivity index (χ4v) is 2.33. The number of rotatable bonds is 5. The molecule has 0 aromatic heterocycles. The Labute approximate surface area is 126 Å². The van der Waals surface area contributed by atoms with E-state index in [9.17, 15) is 23.5 Å². The van der Waals surface area contributed by atoms with Crippen LogP contribution in [0.2, 0.25) is 0 Å². The van der Waals surface area contributed by atoms with Crippen LogP contribution in [-0.4, -0.2) is 54.1 Å². The smallest absolute Gasteiger partial charge is 0.321 e. The normalized spacial score (nSPS) is 17.0. The Morgan fingerprint density at radius 3 is 2.59 bits per heavy atom. The van der Waals surface area contributed by atoms with Crippen LogP contribution in [-0.2, 0) is 9.59 Å². The molecule has 0 unspecified atom stereocenters. The van der Waals surface area contributed by atoms with Crippen molar-refractivity contribution >= 4 is 17.6 Å². The molecule has 0 spiro atoms. The van der Waals surface area contributed by atoms with Crippen molar-refractivity contribution in [2.45, 2.75) is 12.5 Å². The molecule has 8 heteroatoms. The number of benzene rings is 1. The van der Waals surface area contributed by atoms with Crippen molar-refractivity contribution in [3.63, 3.8) is 0 Å². The van der Waals surface area contributed by atoms with Gasteiger partial charge in [-0.1, -0.05) is 0 Å². The Morgan fingerprint density at radius 1 is 1.32 bits per heavy atom. The zero-order valence-corrected chi connectivity index (χ0v) is 11.8. The minimum Gasteiger partial charge on any atom is -0.480 e. The third kappa shape index (κ3) is 4.22. The summed E-state index contributed by atoms with van der Waals surface area (Å²) in [6.07, 6.45) is -0.299. The van der Waals surface area contributed by atoms with Crippen molar-refractivity contribution in [1.29, 1.82) is 0 Å². The number of aliphatic carboxylic acids is 1. The topological polar surface area (TPSA) is 81.7 Å². The molecule has 22 heavy (non-hydrogen) atoms. The maximum absolute atomic E-state index is 13.5. The average Bonchev–Trinajstić information content (AvgIpc) is 2.48. The maximum atomic E-state index is 13.5. The summed E-state index contributed by atoms with van der Waals surface area (Å²) in [5.74, 6) is -3.38. The molecule has 1 fully saturated rings. The molecule has 120 valence electrons. The summed E-state index contributed by atoms with van der Waals surface area (Å²) >= 11 is 0. The summed E-state index contributed by atoms with van der Waals surface area (Å²) in [7, 11) is 0. The van der Waals surface area contributed by atoms with E-state index in [1.54, 1.807) is 4.90 Å². The predicted octanol–water partition coefficient (Wildman–Crippen LogP) is 0.652. The van der Waals surface area contributed by atoms with E-state index in [4.69, 9.17) is 0 Å². The van der Waals surface area contributed by atoms with Crippen molar-refractivity contribution in [2.75, 3.05) is 31.5 Å². The van der Waals surface area contributed by atoms with Gasteiger partial charge in [0, 0.05) is 32.2 Å². The van der Waals surface area contributed by atoms with E-state index < -0.39 is 29.6 Å². The van der Waals surface area contributed by atoms with Gasteiger partial charge in [0.05, 0.1) is 12.1 Å². The van der Waals surface area contributed by atoms with Crippen molar-refractivity contribution in [3.8, 4) is 0 Å². The third-order valence-electron chi connectivity index (χ3n) is 3.46. The summed E-state index contributed by atoms with van der Waals surface area (Å²) in [6.45, 7) is 2.35. The average molecular weight is 313 g/mol. The first-order valence-electron chi connectivity index (χ1n) is 6.90. The monoisotopic (exact) mass is 313 g/mol. The largest absolute Gasteiger partial charge is 0.480 e. The summed E-state index contributed by atoms with van der Waals surface area (Å²) in [4.78, 5) is 25.0. The molecule has 1 atom stereocenters. The molecule has 1 amide bonds. The van der Waals surface area contributed by atoms with Crippen LogP contribution in [0, 0.1) is 11.6 Å². The number of amides is 1. The van der Waals surface area contributed by atoms with Crippen LogP contribution >= 0.6 is 0 Å². The summed E-state index contributed by atoms with van der Waals surface area (Å²) in [5, 5.41) is 14.6. The summed E-state index contributed by atoms with van der Waals surface area (Å²) in [6, 6.07) is 1.80. The molecule has 0 bridgehead atoms. The fourth-order valence-electron chi connectivity index (χ4n) is 2.33.